The van der Waals surface area contributed by atoms with Crippen molar-refractivity contribution in [3.8, 4) is 0 Å². The first kappa shape index (κ1) is 12.2. The van der Waals surface area contributed by atoms with Crippen molar-refractivity contribution >= 4 is 16.5 Å². The van der Waals surface area contributed by atoms with Crippen molar-refractivity contribution in [2.24, 2.45) is 0 Å². The van der Waals surface area contributed by atoms with E-state index in [2.05, 4.69) is 59.2 Å². The van der Waals surface area contributed by atoms with Crippen LogP contribution in [0.1, 0.15) is 19.8 Å². The first-order valence-corrected chi connectivity index (χ1v) is 7.81. The fourth-order valence-electron chi connectivity index (χ4n) is 3.90. The highest BCUT2D eigenvalue weighted by atomic mass is 15.3. The van der Waals surface area contributed by atoms with Crippen molar-refractivity contribution in [2.75, 3.05) is 24.5 Å². The van der Waals surface area contributed by atoms with Gasteiger partial charge in [0.25, 0.3) is 0 Å². The maximum atomic E-state index is 2.68. The molecule has 104 valence electrons. The largest absolute Gasteiger partial charge is 0.366 e. The summed E-state index contributed by atoms with van der Waals surface area (Å²) in [6.45, 7) is 6.08. The summed E-state index contributed by atoms with van der Waals surface area (Å²) in [4.78, 5) is 5.29. The molecule has 0 aliphatic carbocycles. The molecule has 2 aliphatic heterocycles. The molecule has 0 saturated carbocycles. The lowest BCUT2D eigenvalue weighted by Gasteiger charge is -2.43. The Morgan fingerprint density at radius 2 is 1.85 bits per heavy atom. The minimum Gasteiger partial charge on any atom is -0.366 e. The number of rotatable bonds is 1. The van der Waals surface area contributed by atoms with Gasteiger partial charge in [0, 0.05) is 30.9 Å². The number of piperazine rings is 1. The molecular weight excluding hydrogens is 244 g/mol. The number of benzene rings is 2. The van der Waals surface area contributed by atoms with E-state index in [0.29, 0.717) is 6.04 Å². The molecular formula is C18H22N2. The van der Waals surface area contributed by atoms with Crippen molar-refractivity contribution in [3.05, 3.63) is 42.5 Å². The summed E-state index contributed by atoms with van der Waals surface area (Å²) in [6.07, 6.45) is 2.75. The van der Waals surface area contributed by atoms with Gasteiger partial charge < -0.3 is 4.90 Å². The van der Waals surface area contributed by atoms with E-state index in [9.17, 15) is 0 Å². The molecule has 2 saturated heterocycles. The zero-order valence-electron chi connectivity index (χ0n) is 12.1. The number of anilines is 1. The topological polar surface area (TPSA) is 6.48 Å². The molecule has 0 radical (unpaired) electrons. The number of hydrogen-bond acceptors (Lipinski definition) is 2. The Kier molecular flexibility index (Phi) is 2.92. The van der Waals surface area contributed by atoms with Gasteiger partial charge in [0.1, 0.15) is 0 Å². The monoisotopic (exact) mass is 266 g/mol. The Labute approximate surface area is 121 Å². The summed E-state index contributed by atoms with van der Waals surface area (Å²) in [5.41, 5.74) is 1.39. The van der Waals surface area contributed by atoms with Gasteiger partial charge in [-0.15, -0.1) is 0 Å². The van der Waals surface area contributed by atoms with Crippen LogP contribution in [0.2, 0.25) is 0 Å². The van der Waals surface area contributed by atoms with E-state index < -0.39 is 0 Å². The van der Waals surface area contributed by atoms with Gasteiger partial charge >= 0.3 is 0 Å². The second-order valence-electron chi connectivity index (χ2n) is 6.32. The second-order valence-corrected chi connectivity index (χ2v) is 6.32. The van der Waals surface area contributed by atoms with Crippen LogP contribution < -0.4 is 4.90 Å². The van der Waals surface area contributed by atoms with E-state index in [1.165, 1.54) is 48.9 Å². The fraction of sp³-hybridized carbons (Fsp3) is 0.444. The van der Waals surface area contributed by atoms with Gasteiger partial charge in [-0.3, -0.25) is 4.90 Å². The van der Waals surface area contributed by atoms with Crippen LogP contribution in [-0.2, 0) is 0 Å². The molecule has 2 aromatic rings. The molecule has 2 unspecified atom stereocenters. The predicted molar refractivity (Wildman–Crippen MR) is 85.4 cm³/mol. The Morgan fingerprint density at radius 1 is 1.00 bits per heavy atom. The van der Waals surface area contributed by atoms with Gasteiger partial charge in [-0.05, 0) is 49.2 Å². The van der Waals surface area contributed by atoms with Crippen LogP contribution in [0, 0.1) is 0 Å². The summed E-state index contributed by atoms with van der Waals surface area (Å²) < 4.78 is 0. The standard InChI is InChI=1S/C18H22N2/c1-14-12-19-10-4-7-18(19)13-20(14)17-9-8-15-5-2-3-6-16(15)11-17/h2-3,5-6,8-9,11,14,18H,4,7,10,12-13H2,1H3. The highest BCUT2D eigenvalue weighted by Crippen LogP contribution is 2.30. The van der Waals surface area contributed by atoms with E-state index in [1.807, 2.05) is 0 Å². The maximum absolute atomic E-state index is 2.68. The molecule has 0 N–H and O–H groups in total. The smallest absolute Gasteiger partial charge is 0.0389 e. The molecule has 2 atom stereocenters. The van der Waals surface area contributed by atoms with Gasteiger partial charge in [-0.1, -0.05) is 30.3 Å². The van der Waals surface area contributed by atoms with Crippen molar-refractivity contribution in [1.82, 2.24) is 4.90 Å². The van der Waals surface area contributed by atoms with Gasteiger partial charge in [-0.25, -0.2) is 0 Å². The molecule has 2 aromatic carbocycles. The first-order chi connectivity index (χ1) is 9.81. The third kappa shape index (κ3) is 1.99. The lowest BCUT2D eigenvalue weighted by molar-refractivity contribution is 0.203. The van der Waals surface area contributed by atoms with Crippen molar-refractivity contribution in [1.29, 1.82) is 0 Å². The van der Waals surface area contributed by atoms with E-state index in [0.717, 1.165) is 6.04 Å². The highest BCUT2D eigenvalue weighted by Gasteiger charge is 2.34. The van der Waals surface area contributed by atoms with Crippen LogP contribution >= 0.6 is 0 Å². The fourth-order valence-corrected chi connectivity index (χ4v) is 3.90. The average molecular weight is 266 g/mol. The van der Waals surface area contributed by atoms with E-state index in [1.54, 1.807) is 0 Å². The summed E-state index contributed by atoms with van der Waals surface area (Å²) in [5.74, 6) is 0. The SMILES string of the molecule is CC1CN2CCCC2CN1c1ccc2ccccc2c1. The van der Waals surface area contributed by atoms with E-state index in [-0.39, 0.29) is 0 Å². The van der Waals surface area contributed by atoms with Crippen LogP contribution in [0.4, 0.5) is 5.69 Å². The highest BCUT2D eigenvalue weighted by molar-refractivity contribution is 5.85. The van der Waals surface area contributed by atoms with Gasteiger partial charge in [0.15, 0.2) is 0 Å². The van der Waals surface area contributed by atoms with Crippen molar-refractivity contribution < 1.29 is 0 Å². The molecule has 2 heteroatoms. The Hall–Kier alpha value is -1.54. The van der Waals surface area contributed by atoms with Crippen molar-refractivity contribution in [3.63, 3.8) is 0 Å². The molecule has 0 bridgehead atoms. The lowest BCUT2D eigenvalue weighted by atomic mass is 10.0. The lowest BCUT2D eigenvalue weighted by Crippen LogP contribution is -2.55. The minimum atomic E-state index is 0.616. The molecule has 2 heterocycles. The van der Waals surface area contributed by atoms with Crippen LogP contribution in [0.3, 0.4) is 0 Å². The normalized spacial score (nSPS) is 26.9. The van der Waals surface area contributed by atoms with Crippen LogP contribution in [0.15, 0.2) is 42.5 Å². The summed E-state index contributed by atoms with van der Waals surface area (Å²) in [7, 11) is 0. The predicted octanol–water partition coefficient (Wildman–Crippen LogP) is 3.51. The molecule has 0 amide bonds. The molecule has 2 nitrogen and oxygen atoms in total. The van der Waals surface area contributed by atoms with Crippen LogP contribution in [0.25, 0.3) is 10.8 Å². The molecule has 20 heavy (non-hydrogen) atoms. The van der Waals surface area contributed by atoms with Gasteiger partial charge in [0.05, 0.1) is 0 Å². The molecule has 2 aliphatic rings. The summed E-state index contributed by atoms with van der Waals surface area (Å²) in [6, 6.07) is 17.0. The Bertz CT molecular complexity index is 622. The van der Waals surface area contributed by atoms with Crippen molar-refractivity contribution in [2.45, 2.75) is 31.8 Å². The minimum absolute atomic E-state index is 0.616. The molecule has 0 spiro atoms. The zero-order valence-corrected chi connectivity index (χ0v) is 12.1. The summed E-state index contributed by atoms with van der Waals surface area (Å²) >= 11 is 0. The third-order valence-corrected chi connectivity index (χ3v) is 5.00. The molecule has 0 aromatic heterocycles. The van der Waals surface area contributed by atoms with Gasteiger partial charge in [0.2, 0.25) is 0 Å². The Morgan fingerprint density at radius 3 is 2.75 bits per heavy atom. The third-order valence-electron chi connectivity index (χ3n) is 5.00. The summed E-state index contributed by atoms with van der Waals surface area (Å²) in [5, 5.41) is 2.69. The Balaban J connectivity index is 1.67. The number of fused-ring (bicyclic) bond motifs is 2. The van der Waals surface area contributed by atoms with Crippen LogP contribution in [-0.4, -0.2) is 36.6 Å². The number of nitrogens with zero attached hydrogens (tertiary/aromatic N) is 2. The second kappa shape index (κ2) is 4.78. The van der Waals surface area contributed by atoms with Gasteiger partial charge in [-0.2, -0.15) is 0 Å². The van der Waals surface area contributed by atoms with E-state index >= 15 is 0 Å². The van der Waals surface area contributed by atoms with E-state index in [4.69, 9.17) is 0 Å². The average Bonchev–Trinajstić information content (AvgIpc) is 2.93. The van der Waals surface area contributed by atoms with Crippen LogP contribution in [0.5, 0.6) is 0 Å². The molecule has 4 rings (SSSR count). The maximum Gasteiger partial charge on any atom is 0.0389 e. The zero-order chi connectivity index (χ0) is 13.5. The molecule has 2 fully saturated rings. The first-order valence-electron chi connectivity index (χ1n) is 7.81. The number of hydrogen-bond donors (Lipinski definition) is 0. The quantitative estimate of drug-likeness (QED) is 0.779.